The maximum Gasteiger partial charge on any atom is 0.187 e. The summed E-state index contributed by atoms with van der Waals surface area (Å²) in [5.74, 6) is -0.427. The van der Waals surface area contributed by atoms with Crippen molar-refractivity contribution >= 4 is 0 Å². The molecular weight excluding hydrogens is 592 g/mol. The predicted octanol–water partition coefficient (Wildman–Crippen LogP) is -7.83. The molecule has 0 amide bonds. The lowest BCUT2D eigenvalue weighted by molar-refractivity contribution is -0.390. The van der Waals surface area contributed by atoms with Crippen molar-refractivity contribution in [3.63, 3.8) is 0 Å². The molecule has 19 heteroatoms. The predicted molar refractivity (Wildman–Crippen MR) is 131 cm³/mol. The molecule has 252 valence electrons. The highest BCUT2D eigenvalue weighted by Crippen LogP contribution is 2.34. The largest absolute Gasteiger partial charge is 0.394 e. The SMILES string of the molecule is CC1CO[C@@H](OC2[C@H](O)C(O)[C@H](OC3[C@H](O[C@@H]4O[C@H](CO)[C@H](O)[C@H](O)C4O)C(O)[C@H](O)O[C@@H]3CO)O[C@@H]2CO)C(O)[C@H]1O. The van der Waals surface area contributed by atoms with Crippen LogP contribution in [0.25, 0.3) is 0 Å². The quantitative estimate of drug-likeness (QED) is 0.112. The lowest BCUT2D eigenvalue weighted by Gasteiger charge is -2.49. The third-order valence-corrected chi connectivity index (χ3v) is 8.09. The second kappa shape index (κ2) is 14.8. The molecule has 4 aliphatic rings. The van der Waals surface area contributed by atoms with Gasteiger partial charge in [0.25, 0.3) is 0 Å². The number of hydrogen-bond acceptors (Lipinski definition) is 19. The van der Waals surface area contributed by atoms with E-state index in [0.717, 1.165) is 0 Å². The van der Waals surface area contributed by atoms with Gasteiger partial charge in [0.1, 0.15) is 79.4 Å². The maximum atomic E-state index is 10.9. The molecule has 0 aromatic heterocycles. The van der Waals surface area contributed by atoms with E-state index in [4.69, 9.17) is 33.2 Å². The van der Waals surface area contributed by atoms with Gasteiger partial charge >= 0.3 is 0 Å². The molecule has 12 N–H and O–H groups in total. The number of ether oxygens (including phenoxy) is 7. The summed E-state index contributed by atoms with van der Waals surface area (Å²) in [7, 11) is 0. The standard InChI is InChI=1S/C24H42O19/c1-6-5-37-22(14(32)10(6)28)41-18-8(3-26)40-24(16(34)13(18)31)42-19-9(4-27)38-21(36)17(35)20(19)43-23-15(33)12(30)11(29)7(2-25)39-23/h6-36H,2-5H2,1H3/t6?,7-,8-,9-,10+,11+,12+,13-,14?,15?,16?,17?,18?,19?,20-,21-,22+,23+,24+/m1/s1. The zero-order chi connectivity index (χ0) is 31.7. The summed E-state index contributed by atoms with van der Waals surface area (Å²) in [6.45, 7) is -0.841. The van der Waals surface area contributed by atoms with Crippen LogP contribution < -0.4 is 0 Å². The molecule has 4 aliphatic heterocycles. The van der Waals surface area contributed by atoms with Gasteiger partial charge in [0.2, 0.25) is 0 Å². The van der Waals surface area contributed by atoms with Gasteiger partial charge in [-0.05, 0) is 0 Å². The van der Waals surface area contributed by atoms with Crippen LogP contribution >= 0.6 is 0 Å². The van der Waals surface area contributed by atoms with Crippen molar-refractivity contribution < 1.29 is 94.4 Å². The van der Waals surface area contributed by atoms with Gasteiger partial charge in [-0.2, -0.15) is 0 Å². The molecule has 0 radical (unpaired) electrons. The van der Waals surface area contributed by atoms with Crippen LogP contribution in [0.3, 0.4) is 0 Å². The molecule has 0 aromatic carbocycles. The molecule has 7 unspecified atom stereocenters. The molecule has 0 aliphatic carbocycles. The van der Waals surface area contributed by atoms with Crippen LogP contribution in [-0.2, 0) is 33.2 Å². The smallest absolute Gasteiger partial charge is 0.187 e. The van der Waals surface area contributed by atoms with Crippen molar-refractivity contribution in [3.05, 3.63) is 0 Å². The van der Waals surface area contributed by atoms with Crippen LogP contribution in [0.2, 0.25) is 0 Å². The molecule has 19 nitrogen and oxygen atoms in total. The Kier molecular flexibility index (Phi) is 12.1. The molecule has 0 saturated carbocycles. The minimum Gasteiger partial charge on any atom is -0.394 e. The van der Waals surface area contributed by atoms with E-state index in [0.29, 0.717) is 0 Å². The molecule has 4 fully saturated rings. The Morgan fingerprint density at radius 3 is 1.58 bits per heavy atom. The van der Waals surface area contributed by atoms with E-state index in [-0.39, 0.29) is 6.61 Å². The van der Waals surface area contributed by atoms with E-state index in [2.05, 4.69) is 0 Å². The molecule has 4 heterocycles. The maximum absolute atomic E-state index is 10.9. The highest BCUT2D eigenvalue weighted by molar-refractivity contribution is 4.97. The van der Waals surface area contributed by atoms with Crippen molar-refractivity contribution in [1.82, 2.24) is 0 Å². The van der Waals surface area contributed by atoms with Crippen LogP contribution in [0.4, 0.5) is 0 Å². The fourth-order valence-corrected chi connectivity index (χ4v) is 5.41. The normalized spacial score (nSPS) is 53.1. The van der Waals surface area contributed by atoms with Crippen LogP contribution in [-0.4, -0.2) is 198 Å². The molecular formula is C24H42O19. The van der Waals surface area contributed by atoms with Crippen molar-refractivity contribution in [2.75, 3.05) is 26.4 Å². The van der Waals surface area contributed by atoms with Gasteiger partial charge < -0.3 is 94.4 Å². The summed E-state index contributed by atoms with van der Waals surface area (Å²) in [5.41, 5.74) is 0. The fourth-order valence-electron chi connectivity index (χ4n) is 5.41. The summed E-state index contributed by atoms with van der Waals surface area (Å²) < 4.78 is 38.4. The second-order valence-electron chi connectivity index (χ2n) is 11.1. The summed E-state index contributed by atoms with van der Waals surface area (Å²) in [6, 6.07) is 0. The van der Waals surface area contributed by atoms with Gasteiger partial charge in [-0.25, -0.2) is 0 Å². The van der Waals surface area contributed by atoms with Gasteiger partial charge in [-0.15, -0.1) is 0 Å². The third-order valence-electron chi connectivity index (χ3n) is 8.09. The first-order chi connectivity index (χ1) is 20.3. The summed E-state index contributed by atoms with van der Waals surface area (Å²) in [6.07, 6.45) is -30.3. The number of rotatable bonds is 9. The topological polar surface area (TPSA) is 307 Å². The van der Waals surface area contributed by atoms with Gasteiger partial charge in [-0.1, -0.05) is 6.92 Å². The van der Waals surface area contributed by atoms with E-state index in [1.54, 1.807) is 6.92 Å². The van der Waals surface area contributed by atoms with Gasteiger partial charge in [0.05, 0.1) is 32.5 Å². The monoisotopic (exact) mass is 634 g/mol. The number of hydrogen-bond donors (Lipinski definition) is 12. The number of aliphatic hydroxyl groups excluding tert-OH is 12. The molecule has 0 spiro atoms. The Labute approximate surface area is 244 Å². The average molecular weight is 635 g/mol. The lowest BCUT2D eigenvalue weighted by Crippen LogP contribution is -2.67. The first-order valence-corrected chi connectivity index (χ1v) is 13.8. The van der Waals surface area contributed by atoms with Crippen LogP contribution in [0, 0.1) is 5.92 Å². The molecule has 43 heavy (non-hydrogen) atoms. The Bertz CT molecular complexity index is 866. The van der Waals surface area contributed by atoms with Crippen LogP contribution in [0.1, 0.15) is 6.92 Å². The zero-order valence-electron chi connectivity index (χ0n) is 23.0. The summed E-state index contributed by atoms with van der Waals surface area (Å²) in [4.78, 5) is 0. The highest BCUT2D eigenvalue weighted by atomic mass is 16.8. The Morgan fingerprint density at radius 1 is 0.488 bits per heavy atom. The average Bonchev–Trinajstić information content (AvgIpc) is 2.99. The zero-order valence-corrected chi connectivity index (χ0v) is 23.0. The molecule has 0 aromatic rings. The van der Waals surface area contributed by atoms with E-state index in [9.17, 15) is 61.3 Å². The first kappa shape index (κ1) is 35.1. The fraction of sp³-hybridized carbons (Fsp3) is 1.00. The summed E-state index contributed by atoms with van der Waals surface area (Å²) >= 11 is 0. The van der Waals surface area contributed by atoms with Crippen LogP contribution in [0.15, 0.2) is 0 Å². The van der Waals surface area contributed by atoms with E-state index >= 15 is 0 Å². The van der Waals surface area contributed by atoms with Crippen LogP contribution in [0.5, 0.6) is 0 Å². The Balaban J connectivity index is 1.51. The molecule has 19 atom stereocenters. The number of aliphatic hydroxyl groups is 12. The van der Waals surface area contributed by atoms with Crippen molar-refractivity contribution in [1.29, 1.82) is 0 Å². The van der Waals surface area contributed by atoms with Gasteiger partial charge in [0, 0.05) is 5.92 Å². The van der Waals surface area contributed by atoms with Crippen molar-refractivity contribution in [3.8, 4) is 0 Å². The van der Waals surface area contributed by atoms with Gasteiger partial charge in [-0.3, -0.25) is 0 Å². The van der Waals surface area contributed by atoms with Crippen molar-refractivity contribution in [2.24, 2.45) is 5.92 Å². The Morgan fingerprint density at radius 2 is 0.977 bits per heavy atom. The molecule has 4 saturated heterocycles. The Hall–Kier alpha value is -0.760. The van der Waals surface area contributed by atoms with E-state index in [1.807, 2.05) is 0 Å². The highest BCUT2D eigenvalue weighted by Gasteiger charge is 2.55. The van der Waals surface area contributed by atoms with E-state index < -0.39 is 136 Å². The molecule has 0 bridgehead atoms. The lowest BCUT2D eigenvalue weighted by atomic mass is 9.95. The second-order valence-corrected chi connectivity index (χ2v) is 11.1. The van der Waals surface area contributed by atoms with Crippen molar-refractivity contribution in [2.45, 2.75) is 118 Å². The minimum absolute atomic E-state index is 0.00110. The minimum atomic E-state index is -1.97. The summed E-state index contributed by atoms with van der Waals surface area (Å²) in [5, 5.41) is 123. The van der Waals surface area contributed by atoms with Gasteiger partial charge in [0.15, 0.2) is 25.2 Å². The van der Waals surface area contributed by atoms with E-state index in [1.165, 1.54) is 0 Å². The first-order valence-electron chi connectivity index (χ1n) is 13.8. The third kappa shape index (κ3) is 7.15. The molecule has 4 rings (SSSR count).